The Morgan fingerprint density at radius 1 is 1.35 bits per heavy atom. The topological polar surface area (TPSA) is 43.3 Å². The van der Waals surface area contributed by atoms with Crippen molar-refractivity contribution < 1.29 is 4.74 Å². The van der Waals surface area contributed by atoms with Gasteiger partial charge in [-0.25, -0.2) is 0 Å². The van der Waals surface area contributed by atoms with Crippen LogP contribution < -0.4 is 10.9 Å². The number of hydrogen-bond donors (Lipinski definition) is 1. The average molecular weight is 292 g/mol. The predicted octanol–water partition coefficient (Wildman–Crippen LogP) is 2.33. The number of pyridine rings is 1. The van der Waals surface area contributed by atoms with Gasteiger partial charge in [0.2, 0.25) is 0 Å². The summed E-state index contributed by atoms with van der Waals surface area (Å²) in [7, 11) is 1.67. The minimum Gasteiger partial charge on any atom is -0.383 e. The summed E-state index contributed by atoms with van der Waals surface area (Å²) in [5, 5.41) is 5.24. The molecule has 2 aromatic heterocycles. The third kappa shape index (κ3) is 3.36. The highest BCUT2D eigenvalue weighted by Crippen LogP contribution is 2.23. The van der Waals surface area contributed by atoms with Gasteiger partial charge in [0.25, 0.3) is 5.56 Å². The van der Waals surface area contributed by atoms with E-state index in [4.69, 9.17) is 4.74 Å². The van der Waals surface area contributed by atoms with E-state index in [9.17, 15) is 4.79 Å². The van der Waals surface area contributed by atoms with Crippen molar-refractivity contribution in [3.63, 3.8) is 0 Å². The van der Waals surface area contributed by atoms with E-state index in [1.807, 2.05) is 41.1 Å². The van der Waals surface area contributed by atoms with Crippen molar-refractivity contribution in [2.75, 3.05) is 20.3 Å². The second kappa shape index (κ2) is 7.38. The Labute approximate surface area is 123 Å². The Balaban J connectivity index is 2.23. The van der Waals surface area contributed by atoms with Crippen LogP contribution in [0.25, 0.3) is 10.6 Å². The van der Waals surface area contributed by atoms with Crippen LogP contribution in [0.4, 0.5) is 0 Å². The van der Waals surface area contributed by atoms with Crippen LogP contribution in [0.5, 0.6) is 0 Å². The molecule has 0 aliphatic carbocycles. The van der Waals surface area contributed by atoms with Gasteiger partial charge in [-0.1, -0.05) is 12.1 Å². The highest BCUT2D eigenvalue weighted by molar-refractivity contribution is 7.13. The van der Waals surface area contributed by atoms with Crippen LogP contribution in [-0.2, 0) is 17.8 Å². The molecule has 108 valence electrons. The smallest absolute Gasteiger partial charge is 0.255 e. The fraction of sp³-hybridized carbons (Fsp3) is 0.400. The van der Waals surface area contributed by atoms with Gasteiger partial charge in [-0.2, -0.15) is 0 Å². The second-order valence-corrected chi connectivity index (χ2v) is 5.39. The van der Waals surface area contributed by atoms with Crippen LogP contribution in [0, 0.1) is 0 Å². The molecule has 0 unspecified atom stereocenters. The molecule has 0 atom stereocenters. The Bertz CT molecular complexity index is 590. The molecule has 2 rings (SSSR count). The fourth-order valence-electron chi connectivity index (χ4n) is 2.11. The molecular formula is C15H20N2O2S. The molecule has 2 aromatic rings. The number of thiophene rings is 1. The minimum absolute atomic E-state index is 0.0864. The zero-order valence-electron chi connectivity index (χ0n) is 11.9. The van der Waals surface area contributed by atoms with Crippen LogP contribution in [-0.4, -0.2) is 24.8 Å². The first kappa shape index (κ1) is 15.0. The summed E-state index contributed by atoms with van der Waals surface area (Å²) >= 11 is 1.65. The molecule has 0 saturated heterocycles. The van der Waals surface area contributed by atoms with Gasteiger partial charge in [-0.3, -0.25) is 4.79 Å². The molecule has 0 fully saturated rings. The highest BCUT2D eigenvalue weighted by Gasteiger charge is 2.09. The summed E-state index contributed by atoms with van der Waals surface area (Å²) in [5.74, 6) is 0. The van der Waals surface area contributed by atoms with E-state index in [1.54, 1.807) is 18.4 Å². The van der Waals surface area contributed by atoms with Crippen molar-refractivity contribution in [1.29, 1.82) is 0 Å². The molecular weight excluding hydrogens is 272 g/mol. The first-order valence-corrected chi connectivity index (χ1v) is 7.62. The maximum Gasteiger partial charge on any atom is 0.255 e. The van der Waals surface area contributed by atoms with Gasteiger partial charge in [0, 0.05) is 32.3 Å². The van der Waals surface area contributed by atoms with Crippen molar-refractivity contribution in [3.05, 3.63) is 45.6 Å². The Morgan fingerprint density at radius 2 is 2.20 bits per heavy atom. The molecule has 2 heterocycles. The summed E-state index contributed by atoms with van der Waals surface area (Å²) in [6, 6.07) is 8.00. The van der Waals surface area contributed by atoms with Crippen molar-refractivity contribution in [2.24, 2.45) is 0 Å². The predicted molar refractivity (Wildman–Crippen MR) is 83.3 cm³/mol. The molecule has 0 aromatic carbocycles. The largest absolute Gasteiger partial charge is 0.383 e. The highest BCUT2D eigenvalue weighted by atomic mass is 32.1. The van der Waals surface area contributed by atoms with Gasteiger partial charge < -0.3 is 14.6 Å². The Hall–Kier alpha value is -1.43. The summed E-state index contributed by atoms with van der Waals surface area (Å²) in [5.41, 5.74) is 1.87. The molecule has 0 aliphatic heterocycles. The van der Waals surface area contributed by atoms with E-state index in [0.717, 1.165) is 22.7 Å². The number of hydrogen-bond acceptors (Lipinski definition) is 4. The van der Waals surface area contributed by atoms with E-state index in [-0.39, 0.29) is 5.56 Å². The number of nitrogens with one attached hydrogen (secondary N) is 1. The van der Waals surface area contributed by atoms with E-state index in [1.165, 1.54) is 0 Å². The normalized spacial score (nSPS) is 10.9. The molecule has 0 bridgehead atoms. The monoisotopic (exact) mass is 292 g/mol. The quantitative estimate of drug-likeness (QED) is 0.797. The lowest BCUT2D eigenvalue weighted by molar-refractivity contribution is 0.199. The SMILES string of the molecule is CCn1c(-c2cccs2)ccc(CNCCOC)c1=O. The zero-order valence-corrected chi connectivity index (χ0v) is 12.7. The van der Waals surface area contributed by atoms with Crippen LogP contribution >= 0.6 is 11.3 Å². The van der Waals surface area contributed by atoms with Crippen molar-refractivity contribution in [3.8, 4) is 10.6 Å². The maximum absolute atomic E-state index is 12.5. The third-order valence-electron chi connectivity index (χ3n) is 3.14. The molecule has 0 spiro atoms. The molecule has 4 nitrogen and oxygen atoms in total. The molecule has 0 radical (unpaired) electrons. The van der Waals surface area contributed by atoms with Crippen LogP contribution in [0.3, 0.4) is 0 Å². The van der Waals surface area contributed by atoms with Gasteiger partial charge in [0.15, 0.2) is 0 Å². The maximum atomic E-state index is 12.5. The number of nitrogens with zero attached hydrogens (tertiary/aromatic N) is 1. The van der Waals surface area contributed by atoms with Gasteiger partial charge in [0.05, 0.1) is 17.2 Å². The number of aromatic nitrogens is 1. The molecule has 0 amide bonds. The first-order valence-electron chi connectivity index (χ1n) is 6.74. The Kier molecular flexibility index (Phi) is 5.52. The third-order valence-corrected chi connectivity index (χ3v) is 4.03. The molecule has 1 N–H and O–H groups in total. The van der Waals surface area contributed by atoms with Crippen molar-refractivity contribution >= 4 is 11.3 Å². The minimum atomic E-state index is 0.0864. The lowest BCUT2D eigenvalue weighted by atomic mass is 10.2. The zero-order chi connectivity index (χ0) is 14.4. The molecule has 20 heavy (non-hydrogen) atoms. The van der Waals surface area contributed by atoms with Crippen LogP contribution in [0.1, 0.15) is 12.5 Å². The fourth-order valence-corrected chi connectivity index (χ4v) is 2.87. The number of ether oxygens (including phenoxy) is 1. The van der Waals surface area contributed by atoms with Crippen LogP contribution in [0.15, 0.2) is 34.4 Å². The molecule has 0 saturated carbocycles. The average Bonchev–Trinajstić information content (AvgIpc) is 2.98. The Morgan fingerprint density at radius 3 is 2.85 bits per heavy atom. The lowest BCUT2D eigenvalue weighted by Gasteiger charge is -2.12. The van der Waals surface area contributed by atoms with Crippen LogP contribution in [0.2, 0.25) is 0 Å². The number of methoxy groups -OCH3 is 1. The second-order valence-electron chi connectivity index (χ2n) is 4.44. The van der Waals surface area contributed by atoms with Crippen molar-refractivity contribution in [1.82, 2.24) is 9.88 Å². The van der Waals surface area contributed by atoms with Gasteiger partial charge >= 0.3 is 0 Å². The summed E-state index contributed by atoms with van der Waals surface area (Å²) < 4.78 is 6.81. The van der Waals surface area contributed by atoms with Gasteiger partial charge in [-0.15, -0.1) is 11.3 Å². The lowest BCUT2D eigenvalue weighted by Crippen LogP contribution is -2.28. The molecule has 0 aliphatic rings. The van der Waals surface area contributed by atoms with Gasteiger partial charge in [0.1, 0.15) is 0 Å². The van der Waals surface area contributed by atoms with E-state index in [0.29, 0.717) is 19.7 Å². The van der Waals surface area contributed by atoms with Crippen molar-refractivity contribution in [2.45, 2.75) is 20.0 Å². The molecule has 5 heteroatoms. The van der Waals surface area contributed by atoms with E-state index in [2.05, 4.69) is 5.32 Å². The standard InChI is InChI=1S/C15H20N2O2S/c1-3-17-13(14-5-4-10-20-14)7-6-12(15(17)18)11-16-8-9-19-2/h4-7,10,16H,3,8-9,11H2,1-2H3. The van der Waals surface area contributed by atoms with E-state index < -0.39 is 0 Å². The first-order chi connectivity index (χ1) is 9.77. The summed E-state index contributed by atoms with van der Waals surface area (Å²) in [4.78, 5) is 13.6. The number of rotatable bonds is 7. The van der Waals surface area contributed by atoms with E-state index >= 15 is 0 Å². The van der Waals surface area contributed by atoms with Gasteiger partial charge in [-0.05, 0) is 24.4 Å². The summed E-state index contributed by atoms with van der Waals surface area (Å²) in [6.45, 7) is 4.65. The summed E-state index contributed by atoms with van der Waals surface area (Å²) in [6.07, 6.45) is 0.